The molecule has 3 aromatic carbocycles. The summed E-state index contributed by atoms with van der Waals surface area (Å²) in [6.07, 6.45) is 0. The van der Waals surface area contributed by atoms with Gasteiger partial charge in [0.1, 0.15) is 11.3 Å². The Labute approximate surface area is 128 Å². The van der Waals surface area contributed by atoms with Gasteiger partial charge in [0.05, 0.1) is 0 Å². The molecule has 3 aromatic rings. The largest absolute Gasteiger partial charge is 0.506 e. The average molecular weight is 292 g/mol. The highest BCUT2D eigenvalue weighted by Gasteiger charge is 2.19. The third-order valence-corrected chi connectivity index (χ3v) is 4.04. The summed E-state index contributed by atoms with van der Waals surface area (Å²) in [5.74, 6) is -1.26. The highest BCUT2D eigenvalue weighted by molar-refractivity contribution is 6.02. The van der Waals surface area contributed by atoms with Crippen LogP contribution in [0.5, 0.6) is 5.75 Å². The number of benzene rings is 3. The third-order valence-electron chi connectivity index (χ3n) is 4.04. The molecule has 3 heteroatoms. The molecule has 110 valence electrons. The number of hydrogen-bond acceptors (Lipinski definition) is 2. The highest BCUT2D eigenvalue weighted by atomic mass is 16.4. The maximum atomic E-state index is 11.4. The van der Waals surface area contributed by atoms with Gasteiger partial charge in [0.2, 0.25) is 0 Å². The van der Waals surface area contributed by atoms with Crippen molar-refractivity contribution in [2.24, 2.45) is 0 Å². The van der Waals surface area contributed by atoms with Gasteiger partial charge in [-0.3, -0.25) is 0 Å². The number of aromatic carboxylic acids is 1. The fourth-order valence-electron chi connectivity index (χ4n) is 2.83. The van der Waals surface area contributed by atoms with E-state index in [9.17, 15) is 15.0 Å². The molecular formula is C19H16O3. The van der Waals surface area contributed by atoms with E-state index in [1.807, 2.05) is 49.4 Å². The molecule has 0 saturated heterocycles. The van der Waals surface area contributed by atoms with E-state index in [4.69, 9.17) is 0 Å². The number of carboxylic acids is 1. The van der Waals surface area contributed by atoms with Gasteiger partial charge in [-0.2, -0.15) is 0 Å². The van der Waals surface area contributed by atoms with Gasteiger partial charge in [-0.05, 0) is 22.6 Å². The van der Waals surface area contributed by atoms with Gasteiger partial charge >= 0.3 is 5.97 Å². The molecule has 3 nitrogen and oxygen atoms in total. The van der Waals surface area contributed by atoms with Crippen LogP contribution in [-0.2, 0) is 0 Å². The summed E-state index contributed by atoms with van der Waals surface area (Å²) in [6.45, 7) is 2.04. The van der Waals surface area contributed by atoms with Crippen molar-refractivity contribution in [1.29, 1.82) is 0 Å². The number of hydrogen-bond donors (Lipinski definition) is 2. The molecule has 0 saturated carbocycles. The lowest BCUT2D eigenvalue weighted by Crippen LogP contribution is -2.03. The number of aromatic hydroxyl groups is 1. The van der Waals surface area contributed by atoms with Crippen molar-refractivity contribution in [2.75, 3.05) is 0 Å². The minimum Gasteiger partial charge on any atom is -0.506 e. The third kappa shape index (κ3) is 2.31. The Morgan fingerprint density at radius 1 is 0.955 bits per heavy atom. The monoisotopic (exact) mass is 292 g/mol. The lowest BCUT2D eigenvalue weighted by Gasteiger charge is -2.17. The standard InChI is InChI=1S/C19H16O3/c1-12(13-7-3-2-4-8-13)16-11-17(19(21)22)18(20)15-10-6-5-9-14(15)16/h2-12,20H,1H3,(H,21,22). The first kappa shape index (κ1) is 14.1. The summed E-state index contributed by atoms with van der Waals surface area (Å²) in [6, 6.07) is 18.9. The number of carboxylic acid groups (broad SMARTS) is 1. The molecule has 0 heterocycles. The molecule has 0 aliphatic rings. The van der Waals surface area contributed by atoms with E-state index in [1.165, 1.54) is 0 Å². The summed E-state index contributed by atoms with van der Waals surface area (Å²) < 4.78 is 0. The van der Waals surface area contributed by atoms with Gasteiger partial charge < -0.3 is 10.2 Å². The van der Waals surface area contributed by atoms with E-state index >= 15 is 0 Å². The van der Waals surface area contributed by atoms with Gasteiger partial charge in [0.15, 0.2) is 0 Å². The molecule has 3 rings (SSSR count). The fraction of sp³-hybridized carbons (Fsp3) is 0.105. The summed E-state index contributed by atoms with van der Waals surface area (Å²) in [4.78, 5) is 11.4. The molecule has 2 N–H and O–H groups in total. The Morgan fingerprint density at radius 3 is 2.18 bits per heavy atom. The van der Waals surface area contributed by atoms with E-state index in [0.717, 1.165) is 16.5 Å². The van der Waals surface area contributed by atoms with Crippen LogP contribution in [0.15, 0.2) is 60.7 Å². The Hall–Kier alpha value is -2.81. The Balaban J connectivity index is 2.29. The fourth-order valence-corrected chi connectivity index (χ4v) is 2.83. The lowest BCUT2D eigenvalue weighted by atomic mass is 9.87. The maximum absolute atomic E-state index is 11.4. The minimum absolute atomic E-state index is 0.0322. The first-order valence-corrected chi connectivity index (χ1v) is 7.12. The van der Waals surface area contributed by atoms with Crippen molar-refractivity contribution >= 4 is 16.7 Å². The second kappa shape index (κ2) is 5.53. The zero-order valence-electron chi connectivity index (χ0n) is 12.2. The first-order chi connectivity index (χ1) is 10.6. The molecular weight excluding hydrogens is 276 g/mol. The van der Waals surface area contributed by atoms with Crippen LogP contribution >= 0.6 is 0 Å². The van der Waals surface area contributed by atoms with Crippen molar-refractivity contribution in [3.05, 3.63) is 77.4 Å². The Kier molecular flexibility index (Phi) is 3.55. The predicted octanol–water partition coefficient (Wildman–Crippen LogP) is 4.40. The van der Waals surface area contributed by atoms with Gasteiger partial charge in [-0.25, -0.2) is 4.79 Å². The zero-order chi connectivity index (χ0) is 15.7. The van der Waals surface area contributed by atoms with Gasteiger partial charge in [0.25, 0.3) is 0 Å². The van der Waals surface area contributed by atoms with Gasteiger partial charge in [-0.1, -0.05) is 61.5 Å². The van der Waals surface area contributed by atoms with Crippen LogP contribution in [0.3, 0.4) is 0 Å². The van der Waals surface area contributed by atoms with Crippen LogP contribution in [0, 0.1) is 0 Å². The number of fused-ring (bicyclic) bond motifs is 1. The molecule has 0 aromatic heterocycles. The molecule has 0 fully saturated rings. The second-order valence-corrected chi connectivity index (χ2v) is 5.35. The van der Waals surface area contributed by atoms with Crippen molar-refractivity contribution in [2.45, 2.75) is 12.8 Å². The van der Waals surface area contributed by atoms with Crippen LogP contribution in [-0.4, -0.2) is 16.2 Å². The lowest BCUT2D eigenvalue weighted by molar-refractivity contribution is 0.0694. The molecule has 22 heavy (non-hydrogen) atoms. The normalized spacial score (nSPS) is 12.2. The van der Waals surface area contributed by atoms with Gasteiger partial charge in [-0.15, -0.1) is 0 Å². The topological polar surface area (TPSA) is 57.5 Å². The number of rotatable bonds is 3. The molecule has 0 amide bonds. The predicted molar refractivity (Wildman–Crippen MR) is 86.5 cm³/mol. The molecule has 0 aliphatic heterocycles. The van der Waals surface area contributed by atoms with Crippen LogP contribution in [0.25, 0.3) is 10.8 Å². The van der Waals surface area contributed by atoms with Crippen LogP contribution in [0.4, 0.5) is 0 Å². The quantitative estimate of drug-likeness (QED) is 0.752. The minimum atomic E-state index is -1.12. The van der Waals surface area contributed by atoms with E-state index in [2.05, 4.69) is 0 Å². The molecule has 0 radical (unpaired) electrons. The summed E-state index contributed by atoms with van der Waals surface area (Å²) in [5, 5.41) is 21.0. The van der Waals surface area contributed by atoms with Crippen molar-refractivity contribution in [1.82, 2.24) is 0 Å². The van der Waals surface area contributed by atoms with Crippen LogP contribution in [0.2, 0.25) is 0 Å². The van der Waals surface area contributed by atoms with Crippen molar-refractivity contribution in [3.63, 3.8) is 0 Å². The molecule has 0 spiro atoms. The average Bonchev–Trinajstić information content (AvgIpc) is 2.55. The molecule has 0 bridgehead atoms. The van der Waals surface area contributed by atoms with Crippen LogP contribution < -0.4 is 0 Å². The van der Waals surface area contributed by atoms with Crippen molar-refractivity contribution < 1.29 is 15.0 Å². The van der Waals surface area contributed by atoms with Crippen LogP contribution in [0.1, 0.15) is 34.3 Å². The SMILES string of the molecule is CC(c1ccccc1)c1cc(C(=O)O)c(O)c2ccccc12. The smallest absolute Gasteiger partial charge is 0.339 e. The first-order valence-electron chi connectivity index (χ1n) is 7.12. The second-order valence-electron chi connectivity index (χ2n) is 5.35. The summed E-state index contributed by atoms with van der Waals surface area (Å²) >= 11 is 0. The zero-order valence-corrected chi connectivity index (χ0v) is 12.2. The van der Waals surface area contributed by atoms with E-state index in [1.54, 1.807) is 18.2 Å². The summed E-state index contributed by atoms with van der Waals surface area (Å²) in [5.41, 5.74) is 1.95. The maximum Gasteiger partial charge on any atom is 0.339 e. The van der Waals surface area contributed by atoms with E-state index < -0.39 is 5.97 Å². The number of carbonyl (C=O) groups is 1. The Morgan fingerprint density at radius 2 is 1.55 bits per heavy atom. The molecule has 1 unspecified atom stereocenters. The Bertz CT molecular complexity index is 838. The molecule has 1 atom stereocenters. The van der Waals surface area contributed by atoms with E-state index in [0.29, 0.717) is 5.39 Å². The number of phenols is 1. The van der Waals surface area contributed by atoms with Crippen molar-refractivity contribution in [3.8, 4) is 5.75 Å². The summed E-state index contributed by atoms with van der Waals surface area (Å²) in [7, 11) is 0. The van der Waals surface area contributed by atoms with Gasteiger partial charge in [0, 0.05) is 11.3 Å². The molecule has 0 aliphatic carbocycles. The van der Waals surface area contributed by atoms with E-state index in [-0.39, 0.29) is 17.2 Å². The highest BCUT2D eigenvalue weighted by Crippen LogP contribution is 2.37.